The normalized spacial score (nSPS) is 22.6. The number of fused-ring (bicyclic) bond motifs is 3. The lowest BCUT2D eigenvalue weighted by Gasteiger charge is -2.45. The van der Waals surface area contributed by atoms with Crippen LogP contribution in [0.5, 0.6) is 0 Å². The van der Waals surface area contributed by atoms with Crippen molar-refractivity contribution in [3.05, 3.63) is 94.3 Å². The van der Waals surface area contributed by atoms with Crippen molar-refractivity contribution in [1.29, 1.82) is 0 Å². The van der Waals surface area contributed by atoms with Gasteiger partial charge in [0, 0.05) is 37.8 Å². The van der Waals surface area contributed by atoms with Crippen LogP contribution in [0.3, 0.4) is 0 Å². The first-order chi connectivity index (χ1) is 23.5. The summed E-state index contributed by atoms with van der Waals surface area (Å²) in [4.78, 5) is 22.3. The molecule has 4 aromatic rings. The Bertz CT molecular complexity index is 1980. The molecule has 3 aliphatic heterocycles. The second-order valence-electron chi connectivity index (χ2n) is 13.9. The first kappa shape index (κ1) is 34.1. The fourth-order valence-electron chi connectivity index (χ4n) is 8.77. The van der Waals surface area contributed by atoms with Gasteiger partial charge < -0.3 is 9.47 Å². The van der Waals surface area contributed by atoms with Gasteiger partial charge in [-0.2, -0.15) is 0 Å². The van der Waals surface area contributed by atoms with Gasteiger partial charge in [-0.05, 0) is 106 Å². The SMILES string of the molecule is CCNS(=O)(=O)c1cc(C(=O)N2CCC(CCN3[C@@H]4CC[C@H]3C[C@@H](n3c(C)nc5ccccc53)C4)(c3cccc(F)c3)CC2)c(Cl)cc1F. The van der Waals surface area contributed by atoms with E-state index >= 15 is 0 Å². The molecule has 3 saturated heterocycles. The summed E-state index contributed by atoms with van der Waals surface area (Å²) in [6, 6.07) is 18.4. The third-order valence-electron chi connectivity index (χ3n) is 11.2. The van der Waals surface area contributed by atoms with Crippen molar-refractivity contribution < 1.29 is 22.0 Å². The highest BCUT2D eigenvalue weighted by Gasteiger charge is 2.44. The number of hydrogen-bond acceptors (Lipinski definition) is 5. The van der Waals surface area contributed by atoms with Gasteiger partial charge in [-0.3, -0.25) is 9.69 Å². The number of piperidine rings is 2. The van der Waals surface area contributed by atoms with E-state index < -0.39 is 26.6 Å². The average Bonchev–Trinajstić information content (AvgIpc) is 3.53. The third kappa shape index (κ3) is 6.39. The van der Waals surface area contributed by atoms with Gasteiger partial charge in [0.25, 0.3) is 5.91 Å². The Morgan fingerprint density at radius 1 is 1.00 bits per heavy atom. The molecule has 1 N–H and O–H groups in total. The van der Waals surface area contributed by atoms with Crippen LogP contribution in [0.4, 0.5) is 8.78 Å². The summed E-state index contributed by atoms with van der Waals surface area (Å²) in [5, 5.41) is -0.141. The molecular weight excluding hydrogens is 668 g/mol. The first-order valence-electron chi connectivity index (χ1n) is 17.2. The van der Waals surface area contributed by atoms with E-state index in [-0.39, 0.29) is 28.4 Å². The van der Waals surface area contributed by atoms with Crippen molar-refractivity contribution in [2.45, 2.75) is 87.2 Å². The molecule has 12 heteroatoms. The number of imidazole rings is 1. The molecular formula is C37H42ClF2N5O3S. The fraction of sp³-hybridized carbons (Fsp3) is 0.459. The Labute approximate surface area is 291 Å². The number of aromatic nitrogens is 2. The summed E-state index contributed by atoms with van der Waals surface area (Å²) in [6.45, 7) is 5.39. The van der Waals surface area contributed by atoms with Gasteiger partial charge in [-0.25, -0.2) is 26.9 Å². The summed E-state index contributed by atoms with van der Waals surface area (Å²) in [6.07, 6.45) is 6.49. The Kier molecular flexibility index (Phi) is 9.32. The molecule has 4 heterocycles. The topological polar surface area (TPSA) is 87.5 Å². The van der Waals surface area contributed by atoms with E-state index in [2.05, 4.69) is 39.3 Å². The van der Waals surface area contributed by atoms with E-state index in [0.29, 0.717) is 44.1 Å². The van der Waals surface area contributed by atoms with Gasteiger partial charge in [0.1, 0.15) is 22.4 Å². The molecule has 3 fully saturated rings. The fourth-order valence-corrected chi connectivity index (χ4v) is 10.1. The number of halogens is 3. The number of para-hydroxylation sites is 2. The Morgan fingerprint density at radius 3 is 2.41 bits per heavy atom. The van der Waals surface area contributed by atoms with Gasteiger partial charge in [0.05, 0.1) is 21.6 Å². The molecule has 260 valence electrons. The molecule has 1 amide bonds. The summed E-state index contributed by atoms with van der Waals surface area (Å²) in [5.41, 5.74) is 2.76. The highest BCUT2D eigenvalue weighted by molar-refractivity contribution is 7.89. The van der Waals surface area contributed by atoms with E-state index in [9.17, 15) is 22.0 Å². The quantitative estimate of drug-likeness (QED) is 0.202. The van der Waals surface area contributed by atoms with Crippen LogP contribution in [0.2, 0.25) is 5.02 Å². The number of nitrogens with zero attached hydrogens (tertiary/aromatic N) is 4. The van der Waals surface area contributed by atoms with E-state index in [1.807, 2.05) is 12.1 Å². The van der Waals surface area contributed by atoms with Crippen LogP contribution in [0.1, 0.15) is 79.7 Å². The monoisotopic (exact) mass is 709 g/mol. The Hall–Kier alpha value is -3.38. The lowest BCUT2D eigenvalue weighted by atomic mass is 9.70. The van der Waals surface area contributed by atoms with Crippen molar-refractivity contribution in [3.63, 3.8) is 0 Å². The molecule has 1 aromatic heterocycles. The molecule has 3 aromatic carbocycles. The minimum absolute atomic E-state index is 0.0573. The standard InChI is InChI=1S/C37H42ClF2N5O3S/c1-3-41-49(47,48)35-22-30(31(38)23-32(35)40)36(46)43-16-13-37(14-17-43,25-7-6-8-26(39)19-25)15-18-44-27-11-12-28(44)21-29(20-27)45-24(2)42-33-9-4-5-10-34(33)45/h4-10,19,22-23,27-29,41H,3,11-18,20-21H2,1-2H3/t27-,28+,29+. The predicted octanol–water partition coefficient (Wildman–Crippen LogP) is 7.01. The number of benzene rings is 3. The van der Waals surface area contributed by atoms with Crippen LogP contribution in [0, 0.1) is 18.6 Å². The van der Waals surface area contributed by atoms with Gasteiger partial charge in [0.2, 0.25) is 10.0 Å². The second-order valence-corrected chi connectivity index (χ2v) is 16.0. The molecule has 0 aliphatic carbocycles. The molecule has 0 spiro atoms. The molecule has 0 unspecified atom stereocenters. The van der Waals surface area contributed by atoms with Gasteiger partial charge in [-0.15, -0.1) is 0 Å². The summed E-state index contributed by atoms with van der Waals surface area (Å²) >= 11 is 6.31. The Balaban J connectivity index is 1.09. The van der Waals surface area contributed by atoms with E-state index in [1.165, 1.54) is 11.6 Å². The van der Waals surface area contributed by atoms with Crippen molar-refractivity contribution in [1.82, 2.24) is 24.1 Å². The number of aryl methyl sites for hydroxylation is 1. The number of likely N-dealkylation sites (tertiary alicyclic amines) is 1. The maximum atomic E-state index is 14.7. The number of nitrogens with one attached hydrogen (secondary N) is 1. The maximum absolute atomic E-state index is 14.7. The molecule has 8 nitrogen and oxygen atoms in total. The Morgan fingerprint density at radius 2 is 1.71 bits per heavy atom. The zero-order valence-corrected chi connectivity index (χ0v) is 29.4. The molecule has 0 radical (unpaired) electrons. The van der Waals surface area contributed by atoms with Gasteiger partial charge in [0.15, 0.2) is 0 Å². The zero-order chi connectivity index (χ0) is 34.5. The smallest absolute Gasteiger partial charge is 0.255 e. The minimum Gasteiger partial charge on any atom is -0.339 e. The highest BCUT2D eigenvalue weighted by Crippen LogP contribution is 2.45. The van der Waals surface area contributed by atoms with Crippen molar-refractivity contribution in [3.8, 4) is 0 Å². The van der Waals surface area contributed by atoms with E-state index in [0.717, 1.165) is 67.7 Å². The number of hydrogen-bond donors (Lipinski definition) is 1. The molecule has 49 heavy (non-hydrogen) atoms. The summed E-state index contributed by atoms with van der Waals surface area (Å²) < 4.78 is 59.3. The van der Waals surface area contributed by atoms with Crippen molar-refractivity contribution >= 4 is 38.6 Å². The lowest BCUT2D eigenvalue weighted by Crippen LogP contribution is -2.49. The van der Waals surface area contributed by atoms with Gasteiger partial charge in [-0.1, -0.05) is 42.8 Å². The van der Waals surface area contributed by atoms with E-state index in [1.54, 1.807) is 24.0 Å². The second kappa shape index (κ2) is 13.4. The van der Waals surface area contributed by atoms with Crippen LogP contribution in [-0.4, -0.2) is 71.9 Å². The number of rotatable bonds is 9. The highest BCUT2D eigenvalue weighted by atomic mass is 35.5. The molecule has 0 saturated carbocycles. The third-order valence-corrected chi connectivity index (χ3v) is 13.0. The van der Waals surface area contributed by atoms with Crippen LogP contribution >= 0.6 is 11.6 Å². The number of sulfonamides is 1. The number of amides is 1. The first-order valence-corrected chi connectivity index (χ1v) is 19.1. The molecule has 2 bridgehead atoms. The average molecular weight is 710 g/mol. The van der Waals surface area contributed by atoms with Crippen LogP contribution in [0.15, 0.2) is 65.6 Å². The van der Waals surface area contributed by atoms with Crippen molar-refractivity contribution in [2.75, 3.05) is 26.2 Å². The van der Waals surface area contributed by atoms with Crippen LogP contribution < -0.4 is 4.72 Å². The van der Waals surface area contributed by atoms with Crippen molar-refractivity contribution in [2.24, 2.45) is 0 Å². The van der Waals surface area contributed by atoms with Gasteiger partial charge >= 0.3 is 0 Å². The van der Waals surface area contributed by atoms with Crippen LogP contribution in [-0.2, 0) is 15.4 Å². The summed E-state index contributed by atoms with van der Waals surface area (Å²) in [5.74, 6) is -0.694. The molecule has 7 rings (SSSR count). The van der Waals surface area contributed by atoms with E-state index in [4.69, 9.17) is 16.6 Å². The molecule has 3 aliphatic rings. The summed E-state index contributed by atoms with van der Waals surface area (Å²) in [7, 11) is -4.15. The lowest BCUT2D eigenvalue weighted by molar-refractivity contribution is 0.0606. The maximum Gasteiger partial charge on any atom is 0.255 e. The number of carbonyl (C=O) groups excluding carboxylic acids is 1. The van der Waals surface area contributed by atoms with Crippen LogP contribution in [0.25, 0.3) is 11.0 Å². The largest absolute Gasteiger partial charge is 0.339 e. The predicted molar refractivity (Wildman–Crippen MR) is 186 cm³/mol. The number of carbonyl (C=O) groups is 1. The molecule has 3 atom stereocenters. The zero-order valence-electron chi connectivity index (χ0n) is 27.8. The minimum atomic E-state index is -4.15.